The molecule has 166 valence electrons. The minimum absolute atomic E-state index is 0.0616. The van der Waals surface area contributed by atoms with Crippen LogP contribution in [0.15, 0.2) is 53.7 Å². The lowest BCUT2D eigenvalue weighted by atomic mass is 10.1. The summed E-state index contributed by atoms with van der Waals surface area (Å²) in [4.78, 5) is 7.71. The number of benzene rings is 2. The monoisotopic (exact) mass is 445 g/mol. The Hall–Kier alpha value is -2.91. The van der Waals surface area contributed by atoms with Crippen LogP contribution in [0.1, 0.15) is 23.6 Å². The molecule has 0 spiro atoms. The van der Waals surface area contributed by atoms with Crippen LogP contribution in [-0.2, 0) is 28.7 Å². The molecule has 0 fully saturated rings. The van der Waals surface area contributed by atoms with Crippen molar-refractivity contribution in [2.45, 2.75) is 25.6 Å². The van der Waals surface area contributed by atoms with Gasteiger partial charge in [-0.2, -0.15) is 0 Å². The topological polar surface area (TPSA) is 98.4 Å². The molecule has 1 aromatic heterocycles. The second kappa shape index (κ2) is 10.4. The van der Waals surface area contributed by atoms with E-state index in [9.17, 15) is 12.8 Å². The van der Waals surface area contributed by atoms with Crippen LogP contribution in [0.25, 0.3) is 10.9 Å². The largest absolute Gasteiger partial charge is 0.361 e. The van der Waals surface area contributed by atoms with Crippen molar-refractivity contribution >= 4 is 26.9 Å². The second-order valence-electron chi connectivity index (χ2n) is 7.16. The molecule has 3 aromatic rings. The third kappa shape index (κ3) is 6.53. The van der Waals surface area contributed by atoms with Gasteiger partial charge in [-0.15, -0.1) is 0 Å². The summed E-state index contributed by atoms with van der Waals surface area (Å²) in [6, 6.07) is 12.2. The van der Waals surface area contributed by atoms with Gasteiger partial charge in [0.1, 0.15) is 5.82 Å². The number of guanidine groups is 1. The first-order valence-corrected chi connectivity index (χ1v) is 11.8. The molecule has 0 radical (unpaired) electrons. The van der Waals surface area contributed by atoms with Gasteiger partial charge in [0, 0.05) is 30.2 Å². The maximum Gasteiger partial charge on any atom is 0.215 e. The molecule has 0 bridgehead atoms. The summed E-state index contributed by atoms with van der Waals surface area (Å²) in [5.41, 5.74) is 3.54. The maximum absolute atomic E-state index is 13.3. The number of nitrogens with one attached hydrogen (secondary N) is 4. The number of rotatable bonds is 9. The summed E-state index contributed by atoms with van der Waals surface area (Å²) in [5.74, 6) is 0.364. The number of fused-ring (bicyclic) bond motifs is 1. The molecule has 0 aliphatic rings. The van der Waals surface area contributed by atoms with E-state index >= 15 is 0 Å². The highest BCUT2D eigenvalue weighted by Gasteiger charge is 2.09. The number of sulfonamides is 1. The molecule has 7 nitrogen and oxygen atoms in total. The molecular formula is C22H28FN5O2S. The van der Waals surface area contributed by atoms with Crippen molar-refractivity contribution in [3.8, 4) is 0 Å². The van der Waals surface area contributed by atoms with Crippen molar-refractivity contribution in [2.75, 3.05) is 20.1 Å². The fraction of sp³-hybridized carbons (Fsp3) is 0.318. The molecule has 4 N–H and O–H groups in total. The number of hydrogen-bond acceptors (Lipinski definition) is 3. The lowest BCUT2D eigenvalue weighted by molar-refractivity contribution is 0.587. The van der Waals surface area contributed by atoms with Crippen molar-refractivity contribution in [1.82, 2.24) is 20.3 Å². The van der Waals surface area contributed by atoms with Gasteiger partial charge in [0.2, 0.25) is 10.0 Å². The highest BCUT2D eigenvalue weighted by molar-refractivity contribution is 7.88. The lowest BCUT2D eigenvalue weighted by Crippen LogP contribution is -2.38. The summed E-state index contributed by atoms with van der Waals surface area (Å²) >= 11 is 0. The Morgan fingerprint density at radius 2 is 1.94 bits per heavy atom. The van der Waals surface area contributed by atoms with Crippen LogP contribution in [0.4, 0.5) is 4.39 Å². The summed E-state index contributed by atoms with van der Waals surface area (Å²) in [6.45, 7) is 3.80. The maximum atomic E-state index is 13.3. The van der Waals surface area contributed by atoms with Crippen molar-refractivity contribution in [3.05, 3.63) is 71.2 Å². The SMILES string of the molecule is CCNC(=NCc1cccc(CS(=O)(=O)NC)c1)NCCc1c[nH]c2cc(F)ccc12. The van der Waals surface area contributed by atoms with E-state index in [4.69, 9.17) is 0 Å². The van der Waals surface area contributed by atoms with Crippen molar-refractivity contribution < 1.29 is 12.8 Å². The predicted octanol–water partition coefficient (Wildman–Crippen LogP) is 2.65. The predicted molar refractivity (Wildman–Crippen MR) is 123 cm³/mol. The normalized spacial score (nSPS) is 12.3. The molecule has 0 amide bonds. The minimum atomic E-state index is -3.31. The van der Waals surface area contributed by atoms with Crippen molar-refractivity contribution in [2.24, 2.45) is 4.99 Å². The zero-order chi connectivity index (χ0) is 22.3. The van der Waals surface area contributed by atoms with Gasteiger partial charge in [0.15, 0.2) is 5.96 Å². The number of aromatic nitrogens is 1. The van der Waals surface area contributed by atoms with Crippen LogP contribution in [0.5, 0.6) is 0 Å². The molecule has 0 aliphatic carbocycles. The van der Waals surface area contributed by atoms with E-state index in [1.807, 2.05) is 31.3 Å². The lowest BCUT2D eigenvalue weighted by Gasteiger charge is -2.11. The third-order valence-electron chi connectivity index (χ3n) is 4.84. The van der Waals surface area contributed by atoms with Crippen molar-refractivity contribution in [3.63, 3.8) is 0 Å². The molecule has 31 heavy (non-hydrogen) atoms. The number of H-pyrrole nitrogens is 1. The van der Waals surface area contributed by atoms with E-state index < -0.39 is 10.0 Å². The third-order valence-corrected chi connectivity index (χ3v) is 6.17. The average molecular weight is 446 g/mol. The smallest absolute Gasteiger partial charge is 0.215 e. The molecule has 3 rings (SSSR count). The zero-order valence-corrected chi connectivity index (χ0v) is 18.5. The number of nitrogens with zero attached hydrogens (tertiary/aromatic N) is 1. The van der Waals surface area contributed by atoms with Gasteiger partial charge in [-0.05, 0) is 55.3 Å². The first-order valence-electron chi connectivity index (χ1n) is 10.2. The zero-order valence-electron chi connectivity index (χ0n) is 17.7. The van der Waals surface area contributed by atoms with Crippen LogP contribution in [0.3, 0.4) is 0 Å². The number of hydrogen-bond donors (Lipinski definition) is 4. The summed E-state index contributed by atoms with van der Waals surface area (Å²) in [5, 5.41) is 7.54. The molecule has 9 heteroatoms. The minimum Gasteiger partial charge on any atom is -0.361 e. The second-order valence-corrected chi connectivity index (χ2v) is 9.09. The van der Waals surface area contributed by atoms with Crippen LogP contribution in [0.2, 0.25) is 0 Å². The molecule has 0 unspecified atom stereocenters. The van der Waals surface area contributed by atoms with E-state index in [0.717, 1.165) is 40.6 Å². The van der Waals surface area contributed by atoms with Gasteiger partial charge in [0.25, 0.3) is 0 Å². The van der Waals surface area contributed by atoms with E-state index in [0.29, 0.717) is 19.0 Å². The fourth-order valence-electron chi connectivity index (χ4n) is 3.30. The Morgan fingerprint density at radius 3 is 2.71 bits per heavy atom. The quantitative estimate of drug-likeness (QED) is 0.301. The van der Waals surface area contributed by atoms with Crippen molar-refractivity contribution in [1.29, 1.82) is 0 Å². The Kier molecular flexibility index (Phi) is 7.64. The van der Waals surface area contributed by atoms with Gasteiger partial charge in [-0.1, -0.05) is 24.3 Å². The summed E-state index contributed by atoms with van der Waals surface area (Å²) in [6.07, 6.45) is 2.66. The molecule has 0 aliphatic heterocycles. The Balaban J connectivity index is 1.61. The Labute approximate surface area is 182 Å². The Morgan fingerprint density at radius 1 is 1.13 bits per heavy atom. The molecule has 0 atom stereocenters. The highest BCUT2D eigenvalue weighted by Crippen LogP contribution is 2.19. The molecule has 1 heterocycles. The van der Waals surface area contributed by atoms with Crippen LogP contribution in [0, 0.1) is 5.82 Å². The van der Waals surface area contributed by atoms with E-state index in [-0.39, 0.29) is 11.6 Å². The highest BCUT2D eigenvalue weighted by atomic mass is 32.2. The standard InChI is InChI=1S/C22H28FN5O2S/c1-3-25-22(26-10-9-18-14-27-21-12-19(23)7-8-20(18)21)28-13-16-5-4-6-17(11-16)15-31(29,30)24-2/h4-8,11-12,14,24,27H,3,9-10,13,15H2,1-2H3,(H2,25,26,28). The molecular weight excluding hydrogens is 417 g/mol. The Bertz CT molecular complexity index is 1160. The molecule has 0 saturated carbocycles. The molecule has 0 saturated heterocycles. The van der Waals surface area contributed by atoms with Crippen LogP contribution >= 0.6 is 0 Å². The van der Waals surface area contributed by atoms with Gasteiger partial charge < -0.3 is 15.6 Å². The van der Waals surface area contributed by atoms with Gasteiger partial charge >= 0.3 is 0 Å². The van der Waals surface area contributed by atoms with Gasteiger partial charge in [0.05, 0.1) is 12.3 Å². The van der Waals surface area contributed by atoms with Gasteiger partial charge in [-0.3, -0.25) is 0 Å². The van der Waals surface area contributed by atoms with E-state index in [2.05, 4.69) is 25.3 Å². The van der Waals surface area contributed by atoms with Crippen LogP contribution in [-0.4, -0.2) is 39.5 Å². The first-order chi connectivity index (χ1) is 14.9. The van der Waals surface area contributed by atoms with E-state index in [1.54, 1.807) is 12.1 Å². The van der Waals surface area contributed by atoms with E-state index in [1.165, 1.54) is 19.2 Å². The number of aliphatic imine (C=N–C) groups is 1. The summed E-state index contributed by atoms with van der Waals surface area (Å²) < 4.78 is 39.2. The molecule has 2 aromatic carbocycles. The number of aromatic amines is 1. The average Bonchev–Trinajstić information content (AvgIpc) is 3.14. The first kappa shape index (κ1) is 22.8. The van der Waals surface area contributed by atoms with Crippen LogP contribution < -0.4 is 15.4 Å². The van der Waals surface area contributed by atoms with Gasteiger partial charge in [-0.25, -0.2) is 22.5 Å². The number of halogens is 1. The fourth-order valence-corrected chi connectivity index (χ4v) is 4.07. The summed E-state index contributed by atoms with van der Waals surface area (Å²) in [7, 11) is -1.91.